The molecule has 146 valence electrons. The van der Waals surface area contributed by atoms with Crippen LogP contribution in [-0.2, 0) is 21.0 Å². The fraction of sp³-hybridized carbons (Fsp3) is 0.143. The molecule has 0 unspecified atom stereocenters. The van der Waals surface area contributed by atoms with Crippen molar-refractivity contribution in [1.29, 1.82) is 0 Å². The van der Waals surface area contributed by atoms with Gasteiger partial charge >= 0.3 is 6.18 Å². The smallest absolute Gasteiger partial charge is 0.417 e. The highest BCUT2D eigenvalue weighted by atomic mass is 35.5. The molecule has 1 N–H and O–H groups in total. The third-order valence-electron chi connectivity index (χ3n) is 2.90. The molecule has 1 heterocycles. The van der Waals surface area contributed by atoms with Crippen LogP contribution >= 0.6 is 23.2 Å². The first-order chi connectivity index (χ1) is 12.4. The minimum atomic E-state index is -4.77. The van der Waals surface area contributed by atoms with Crippen LogP contribution in [-0.4, -0.2) is 25.9 Å². The summed E-state index contributed by atoms with van der Waals surface area (Å²) < 4.78 is 81.3. The van der Waals surface area contributed by atoms with Gasteiger partial charge in [-0.15, -0.1) is 0 Å². The lowest BCUT2D eigenvalue weighted by molar-refractivity contribution is -0.137. The predicted octanol–water partition coefficient (Wildman–Crippen LogP) is 3.43. The summed E-state index contributed by atoms with van der Waals surface area (Å²) in [5.74, 6) is -1.91. The molecule has 6 nitrogen and oxygen atoms in total. The summed E-state index contributed by atoms with van der Waals surface area (Å²) in [5, 5.41) is -2.06. The lowest BCUT2D eigenvalue weighted by Gasteiger charge is -2.11. The van der Waals surface area contributed by atoms with E-state index in [9.17, 15) is 30.8 Å². The Balaban J connectivity index is 2.09. The summed E-state index contributed by atoms with van der Waals surface area (Å²) in [6, 6.07) is 3.55. The van der Waals surface area contributed by atoms with Crippen LogP contribution in [0.3, 0.4) is 0 Å². The van der Waals surface area contributed by atoms with Crippen molar-refractivity contribution in [2.24, 2.45) is 0 Å². The highest BCUT2D eigenvalue weighted by Crippen LogP contribution is 2.32. The Bertz CT molecular complexity index is 984. The first-order valence-electron chi connectivity index (χ1n) is 6.76. The highest BCUT2D eigenvalue weighted by molar-refractivity contribution is 7.90. The molecule has 0 aliphatic rings. The van der Waals surface area contributed by atoms with Crippen molar-refractivity contribution in [2.75, 3.05) is 6.61 Å². The number of carbonyl (C=O) groups excluding carboxylic acids is 1. The fourth-order valence-corrected chi connectivity index (χ4v) is 3.33. The van der Waals surface area contributed by atoms with E-state index < -0.39 is 50.1 Å². The molecule has 13 heteroatoms. The number of amides is 1. The molecule has 27 heavy (non-hydrogen) atoms. The summed E-state index contributed by atoms with van der Waals surface area (Å²) in [6.45, 7) is -0.806. The number of hydrogen-bond donors (Lipinski definition) is 1. The molecule has 0 aliphatic heterocycles. The molecule has 0 saturated carbocycles. The second-order valence-electron chi connectivity index (χ2n) is 4.90. The molecule has 0 atom stereocenters. The number of nitrogens with one attached hydrogen (secondary N) is 1. The third-order valence-corrected chi connectivity index (χ3v) is 4.92. The van der Waals surface area contributed by atoms with Crippen LogP contribution < -0.4 is 9.46 Å². The highest BCUT2D eigenvalue weighted by Gasteiger charge is 2.33. The van der Waals surface area contributed by atoms with Gasteiger partial charge in [0.1, 0.15) is 11.6 Å². The first kappa shape index (κ1) is 21.2. The summed E-state index contributed by atoms with van der Waals surface area (Å²) in [6.07, 6.45) is -4.51. The van der Waals surface area contributed by atoms with Crippen LogP contribution in [0.5, 0.6) is 5.75 Å². The molecular weight excluding hydrogens is 439 g/mol. The van der Waals surface area contributed by atoms with Gasteiger partial charge in [-0.2, -0.15) is 21.6 Å². The van der Waals surface area contributed by atoms with Gasteiger partial charge < -0.3 is 4.74 Å². The van der Waals surface area contributed by atoms with E-state index in [0.717, 1.165) is 18.2 Å². The minimum Gasteiger partial charge on any atom is -0.484 e. The third kappa shape index (κ3) is 5.44. The molecule has 0 fully saturated rings. The van der Waals surface area contributed by atoms with E-state index in [0.29, 0.717) is 6.07 Å². The zero-order chi connectivity index (χ0) is 20.4. The maximum atomic E-state index is 13.0. The van der Waals surface area contributed by atoms with Gasteiger partial charge in [-0.1, -0.05) is 23.2 Å². The Hall–Kier alpha value is -2.11. The topological polar surface area (TPSA) is 85.4 Å². The number of benzene rings is 1. The van der Waals surface area contributed by atoms with Crippen molar-refractivity contribution in [1.82, 2.24) is 9.71 Å². The van der Waals surface area contributed by atoms with Gasteiger partial charge in [-0.3, -0.25) is 4.79 Å². The lowest BCUT2D eigenvalue weighted by atomic mass is 10.3. The molecule has 1 aromatic heterocycles. The molecule has 2 aromatic rings. The van der Waals surface area contributed by atoms with Crippen molar-refractivity contribution in [3.8, 4) is 5.75 Å². The van der Waals surface area contributed by atoms with Crippen LogP contribution in [0.4, 0.5) is 17.6 Å². The summed E-state index contributed by atoms with van der Waals surface area (Å²) in [5.41, 5.74) is -1.26. The van der Waals surface area contributed by atoms with Crippen LogP contribution in [0, 0.1) is 5.82 Å². The number of carbonyl (C=O) groups is 1. The Morgan fingerprint density at radius 2 is 1.85 bits per heavy atom. The van der Waals surface area contributed by atoms with Crippen molar-refractivity contribution in [3.63, 3.8) is 0 Å². The van der Waals surface area contributed by atoms with Crippen molar-refractivity contribution < 1.29 is 35.5 Å². The SMILES string of the molecule is O=C(COc1ccc(F)c(Cl)c1)NS(=O)(=O)c1ncc(C(F)(F)F)cc1Cl. The average Bonchev–Trinajstić information content (AvgIpc) is 2.54. The molecule has 2 rings (SSSR count). The molecule has 0 radical (unpaired) electrons. The van der Waals surface area contributed by atoms with Crippen LogP contribution in [0.25, 0.3) is 0 Å². The summed E-state index contributed by atoms with van der Waals surface area (Å²) in [4.78, 5) is 14.9. The molecule has 0 saturated heterocycles. The van der Waals surface area contributed by atoms with Gasteiger partial charge in [0, 0.05) is 12.3 Å². The Kier molecular flexibility index (Phi) is 6.17. The lowest BCUT2D eigenvalue weighted by Crippen LogP contribution is -2.35. The standard InChI is InChI=1S/C14H8Cl2F4N2O4S/c15-9-4-8(1-2-11(9)17)26-6-12(23)22-27(24,25)13-10(16)3-7(5-21-13)14(18,19)20/h1-5H,6H2,(H,22,23). The normalized spacial score (nSPS) is 11.9. The Labute approximate surface area is 160 Å². The van der Waals surface area contributed by atoms with E-state index in [2.05, 4.69) is 4.98 Å². The van der Waals surface area contributed by atoms with Gasteiger partial charge in [0.15, 0.2) is 11.6 Å². The molecule has 0 aliphatic carbocycles. The number of halogens is 6. The molecule has 1 aromatic carbocycles. The first-order valence-corrected chi connectivity index (χ1v) is 9.00. The van der Waals surface area contributed by atoms with E-state index in [1.807, 2.05) is 0 Å². The Morgan fingerprint density at radius 1 is 1.19 bits per heavy atom. The summed E-state index contributed by atoms with van der Waals surface area (Å²) in [7, 11) is -4.65. The second kappa shape index (κ2) is 7.87. The van der Waals surface area contributed by atoms with E-state index in [-0.39, 0.29) is 17.0 Å². The number of ether oxygens (including phenoxy) is 1. The molecule has 0 bridgehead atoms. The number of hydrogen-bond acceptors (Lipinski definition) is 5. The van der Waals surface area contributed by atoms with E-state index in [4.69, 9.17) is 27.9 Å². The van der Waals surface area contributed by atoms with Crippen LogP contribution in [0.1, 0.15) is 5.56 Å². The van der Waals surface area contributed by atoms with Crippen molar-refractivity contribution in [2.45, 2.75) is 11.2 Å². The number of alkyl halides is 3. The van der Waals surface area contributed by atoms with Gasteiger partial charge in [0.05, 0.1) is 15.6 Å². The minimum absolute atomic E-state index is 0.0142. The maximum absolute atomic E-state index is 13.0. The molecule has 1 amide bonds. The van der Waals surface area contributed by atoms with Crippen LogP contribution in [0.15, 0.2) is 35.5 Å². The largest absolute Gasteiger partial charge is 0.484 e. The zero-order valence-electron chi connectivity index (χ0n) is 12.9. The second-order valence-corrected chi connectivity index (χ2v) is 7.31. The quantitative estimate of drug-likeness (QED) is 0.711. The number of nitrogens with zero attached hydrogens (tertiary/aromatic N) is 1. The van der Waals surface area contributed by atoms with Crippen molar-refractivity contribution in [3.05, 3.63) is 51.9 Å². The maximum Gasteiger partial charge on any atom is 0.417 e. The van der Waals surface area contributed by atoms with E-state index in [1.165, 1.54) is 0 Å². The van der Waals surface area contributed by atoms with Crippen molar-refractivity contribution >= 4 is 39.1 Å². The van der Waals surface area contributed by atoms with Gasteiger partial charge in [0.2, 0.25) is 0 Å². The Morgan fingerprint density at radius 3 is 2.41 bits per heavy atom. The fourth-order valence-electron chi connectivity index (χ4n) is 1.72. The monoisotopic (exact) mass is 446 g/mol. The van der Waals surface area contributed by atoms with Crippen LogP contribution in [0.2, 0.25) is 10.0 Å². The number of aromatic nitrogens is 1. The predicted molar refractivity (Wildman–Crippen MR) is 86.5 cm³/mol. The number of rotatable bonds is 5. The number of pyridine rings is 1. The average molecular weight is 447 g/mol. The van der Waals surface area contributed by atoms with E-state index in [1.54, 1.807) is 4.72 Å². The zero-order valence-corrected chi connectivity index (χ0v) is 15.2. The summed E-state index contributed by atoms with van der Waals surface area (Å²) >= 11 is 11.1. The van der Waals surface area contributed by atoms with E-state index >= 15 is 0 Å². The molecule has 0 spiro atoms. The van der Waals surface area contributed by atoms with Gasteiger partial charge in [-0.05, 0) is 18.2 Å². The molecular formula is C14H8Cl2F4N2O4S. The number of sulfonamides is 1. The van der Waals surface area contributed by atoms with Gasteiger partial charge in [0.25, 0.3) is 15.9 Å². The van der Waals surface area contributed by atoms with Gasteiger partial charge in [-0.25, -0.2) is 14.1 Å².